The molecule has 4 heterocycles. The molecule has 0 saturated carbocycles. The molecule has 0 fully saturated rings. The zero-order chi connectivity index (χ0) is 24.2. The first-order chi connectivity index (χ1) is 17.6. The number of rotatable bonds is 2. The van der Waals surface area contributed by atoms with Gasteiger partial charge in [0.15, 0.2) is 0 Å². The van der Waals surface area contributed by atoms with E-state index < -0.39 is 0 Å². The average Bonchev–Trinajstić information content (AvgIpc) is 2.92. The summed E-state index contributed by atoms with van der Waals surface area (Å²) in [6.45, 7) is 0. The van der Waals surface area contributed by atoms with E-state index in [2.05, 4.69) is 117 Å². The predicted molar refractivity (Wildman–Crippen MR) is 154 cm³/mol. The van der Waals surface area contributed by atoms with E-state index in [-0.39, 0.29) is 0 Å². The van der Waals surface area contributed by atoms with Crippen LogP contribution in [0.1, 0.15) is 0 Å². The van der Waals surface area contributed by atoms with Gasteiger partial charge in [-0.05, 0) is 62.2 Å². The van der Waals surface area contributed by atoms with E-state index in [0.717, 1.165) is 75.3 Å². The lowest BCUT2D eigenvalue weighted by molar-refractivity contribution is 1.33. The summed E-state index contributed by atoms with van der Waals surface area (Å²) in [7, 11) is 0. The maximum absolute atomic E-state index is 5.03. The van der Waals surface area contributed by atoms with Gasteiger partial charge in [0.05, 0.1) is 33.5 Å². The summed E-state index contributed by atoms with van der Waals surface area (Å²) in [5.74, 6) is 0. The second-order valence-corrected chi connectivity index (χ2v) is 10.3. The first-order valence-corrected chi connectivity index (χ1v) is 13.0. The maximum Gasteiger partial charge on any atom is 0.106 e. The molecule has 0 bridgehead atoms. The van der Waals surface area contributed by atoms with Crippen LogP contribution in [0.2, 0.25) is 0 Å². The van der Waals surface area contributed by atoms with Crippen LogP contribution in [0, 0.1) is 0 Å². The minimum Gasteiger partial charge on any atom is -0.245 e. The molecule has 4 nitrogen and oxygen atoms in total. The van der Waals surface area contributed by atoms with Crippen LogP contribution in [0.3, 0.4) is 0 Å². The van der Waals surface area contributed by atoms with Crippen LogP contribution >= 0.6 is 31.9 Å². The van der Waals surface area contributed by atoms with E-state index in [1.807, 2.05) is 12.1 Å². The topological polar surface area (TPSA) is 51.6 Å². The Kier molecular flexibility index (Phi) is 5.04. The number of benzene rings is 3. The Labute approximate surface area is 223 Å². The number of aromatic nitrogens is 4. The van der Waals surface area contributed by atoms with Crippen LogP contribution in [-0.4, -0.2) is 19.9 Å². The second-order valence-electron chi connectivity index (χ2n) is 8.66. The molecular weight excluding hydrogens is 576 g/mol. The molecule has 6 heteroatoms. The van der Waals surface area contributed by atoms with Crippen molar-refractivity contribution in [1.29, 1.82) is 0 Å². The SMILES string of the molecule is Brc1ccc2ccc3ccc(-c4cccc(-c5ccc6ccc7ccc(Br)nc7c6n5)c4)nc3c2n1. The third-order valence-electron chi connectivity index (χ3n) is 6.43. The Morgan fingerprint density at radius 2 is 0.750 bits per heavy atom. The molecule has 4 aromatic heterocycles. The predicted octanol–water partition coefficient (Wildman–Crippen LogP) is 8.74. The lowest BCUT2D eigenvalue weighted by Crippen LogP contribution is -1.91. The highest BCUT2D eigenvalue weighted by Crippen LogP contribution is 2.31. The van der Waals surface area contributed by atoms with Crippen molar-refractivity contribution in [3.63, 3.8) is 0 Å². The summed E-state index contributed by atoms with van der Waals surface area (Å²) in [5, 5.41) is 4.26. The summed E-state index contributed by atoms with van der Waals surface area (Å²) < 4.78 is 1.60. The second kappa shape index (κ2) is 8.43. The highest BCUT2D eigenvalue weighted by molar-refractivity contribution is 9.10. The number of halogens is 2. The van der Waals surface area contributed by atoms with Gasteiger partial charge in [0, 0.05) is 32.7 Å². The Hall–Kier alpha value is -3.74. The third kappa shape index (κ3) is 3.65. The van der Waals surface area contributed by atoms with Crippen molar-refractivity contribution in [3.8, 4) is 22.5 Å². The largest absolute Gasteiger partial charge is 0.245 e. The molecule has 36 heavy (non-hydrogen) atoms. The quantitative estimate of drug-likeness (QED) is 0.149. The van der Waals surface area contributed by atoms with Crippen LogP contribution in [-0.2, 0) is 0 Å². The molecule has 0 aliphatic heterocycles. The van der Waals surface area contributed by atoms with E-state index in [4.69, 9.17) is 19.9 Å². The van der Waals surface area contributed by atoms with E-state index in [1.54, 1.807) is 0 Å². The fourth-order valence-corrected chi connectivity index (χ4v) is 5.27. The monoisotopic (exact) mass is 590 g/mol. The van der Waals surface area contributed by atoms with E-state index in [9.17, 15) is 0 Å². The first-order valence-electron chi connectivity index (χ1n) is 11.5. The molecule has 0 aliphatic carbocycles. The van der Waals surface area contributed by atoms with Crippen LogP contribution < -0.4 is 0 Å². The Morgan fingerprint density at radius 3 is 1.19 bits per heavy atom. The van der Waals surface area contributed by atoms with E-state index in [1.165, 1.54) is 0 Å². The molecule has 0 aliphatic rings. The molecule has 0 unspecified atom stereocenters. The summed E-state index contributed by atoms with van der Waals surface area (Å²) in [6, 6.07) is 33.1. The lowest BCUT2D eigenvalue weighted by atomic mass is 10.0. The van der Waals surface area contributed by atoms with Crippen LogP contribution in [0.25, 0.3) is 66.1 Å². The van der Waals surface area contributed by atoms with Gasteiger partial charge in [-0.25, -0.2) is 19.9 Å². The summed E-state index contributed by atoms with van der Waals surface area (Å²) in [6.07, 6.45) is 0. The third-order valence-corrected chi connectivity index (χ3v) is 7.31. The molecular formula is C30H16Br2N4. The summed E-state index contributed by atoms with van der Waals surface area (Å²) >= 11 is 7.00. The molecule has 0 saturated heterocycles. The number of pyridine rings is 4. The minimum atomic E-state index is 0.799. The van der Waals surface area contributed by atoms with Crippen molar-refractivity contribution in [1.82, 2.24) is 19.9 Å². The van der Waals surface area contributed by atoms with Crippen molar-refractivity contribution in [2.45, 2.75) is 0 Å². The molecule has 0 N–H and O–H groups in total. The van der Waals surface area contributed by atoms with Crippen molar-refractivity contribution >= 4 is 75.5 Å². The molecule has 170 valence electrons. The van der Waals surface area contributed by atoms with Gasteiger partial charge < -0.3 is 0 Å². The number of fused-ring (bicyclic) bond motifs is 6. The lowest BCUT2D eigenvalue weighted by Gasteiger charge is -2.09. The van der Waals surface area contributed by atoms with Crippen LogP contribution in [0.4, 0.5) is 0 Å². The highest BCUT2D eigenvalue weighted by Gasteiger charge is 2.10. The van der Waals surface area contributed by atoms with Crippen LogP contribution in [0.5, 0.6) is 0 Å². The van der Waals surface area contributed by atoms with Gasteiger partial charge in [0.1, 0.15) is 9.21 Å². The Balaban J connectivity index is 1.38. The van der Waals surface area contributed by atoms with Gasteiger partial charge in [-0.3, -0.25) is 0 Å². The fraction of sp³-hybridized carbons (Fsp3) is 0. The van der Waals surface area contributed by atoms with Crippen molar-refractivity contribution in [3.05, 3.63) is 106 Å². The first kappa shape index (κ1) is 21.5. The summed E-state index contributed by atoms with van der Waals surface area (Å²) in [4.78, 5) is 19.5. The van der Waals surface area contributed by atoms with Gasteiger partial charge in [0.2, 0.25) is 0 Å². The highest BCUT2D eigenvalue weighted by atomic mass is 79.9. The van der Waals surface area contributed by atoms with Crippen molar-refractivity contribution in [2.75, 3.05) is 0 Å². The average molecular weight is 592 g/mol. The zero-order valence-corrected chi connectivity index (χ0v) is 22.0. The Bertz CT molecular complexity index is 1840. The van der Waals surface area contributed by atoms with Crippen molar-refractivity contribution < 1.29 is 0 Å². The van der Waals surface area contributed by atoms with Gasteiger partial charge >= 0.3 is 0 Å². The van der Waals surface area contributed by atoms with Gasteiger partial charge in [-0.2, -0.15) is 0 Å². The molecule has 7 aromatic rings. The molecule has 0 radical (unpaired) electrons. The van der Waals surface area contributed by atoms with E-state index >= 15 is 0 Å². The molecule has 0 spiro atoms. The molecule has 3 aromatic carbocycles. The fourth-order valence-electron chi connectivity index (χ4n) is 4.65. The van der Waals surface area contributed by atoms with Gasteiger partial charge in [-0.15, -0.1) is 0 Å². The number of hydrogen-bond donors (Lipinski definition) is 0. The summed E-state index contributed by atoms with van der Waals surface area (Å²) in [5.41, 5.74) is 7.42. The number of nitrogens with zero attached hydrogens (tertiary/aromatic N) is 4. The normalized spacial score (nSPS) is 11.6. The molecule has 7 rings (SSSR count). The molecule has 0 amide bonds. The molecule has 0 atom stereocenters. The minimum absolute atomic E-state index is 0.799. The van der Waals surface area contributed by atoms with Crippen molar-refractivity contribution in [2.24, 2.45) is 0 Å². The van der Waals surface area contributed by atoms with E-state index in [0.29, 0.717) is 0 Å². The number of hydrogen-bond acceptors (Lipinski definition) is 4. The smallest absolute Gasteiger partial charge is 0.106 e. The van der Waals surface area contributed by atoms with Gasteiger partial charge in [0.25, 0.3) is 0 Å². The van der Waals surface area contributed by atoms with Gasteiger partial charge in [-0.1, -0.05) is 66.7 Å². The standard InChI is InChI=1S/C30H16Br2N4/c31-25-14-10-19-6-4-17-8-12-23(33-27(17)29(19)35-25)21-2-1-3-22(16-21)24-13-9-18-5-7-20-11-15-26(32)36-30(20)28(18)34-24/h1-16H. The van der Waals surface area contributed by atoms with Crippen LogP contribution in [0.15, 0.2) is 106 Å². The Morgan fingerprint density at radius 1 is 0.389 bits per heavy atom. The maximum atomic E-state index is 5.03. The zero-order valence-electron chi connectivity index (χ0n) is 18.8.